The van der Waals surface area contributed by atoms with E-state index in [-0.39, 0.29) is 12.5 Å². The van der Waals surface area contributed by atoms with Crippen LogP contribution >= 0.6 is 11.8 Å². The molecule has 4 rings (SSSR count). The second-order valence-corrected chi connectivity index (χ2v) is 10.7. The molecule has 0 bridgehead atoms. The Morgan fingerprint density at radius 3 is 2.72 bits per heavy atom. The van der Waals surface area contributed by atoms with Gasteiger partial charge < -0.3 is 24.6 Å². The topological polar surface area (TPSA) is 75.1 Å². The molecule has 0 amide bonds. The third-order valence-electron chi connectivity index (χ3n) is 7.29. The zero-order valence-corrected chi connectivity index (χ0v) is 22.1. The molecular weight excluding hydrogens is 472 g/mol. The fourth-order valence-electron chi connectivity index (χ4n) is 5.21. The number of rotatable bonds is 12. The number of likely N-dealkylation sites (tertiary alicyclic amines) is 1. The predicted octanol–water partition coefficient (Wildman–Crippen LogP) is 5.18. The van der Waals surface area contributed by atoms with E-state index in [2.05, 4.69) is 22.0 Å². The van der Waals surface area contributed by atoms with Crippen LogP contribution in [-0.4, -0.2) is 66.3 Å². The molecule has 194 valence electrons. The summed E-state index contributed by atoms with van der Waals surface area (Å²) < 4.78 is 10.7. The van der Waals surface area contributed by atoms with Gasteiger partial charge in [0, 0.05) is 29.6 Å². The summed E-state index contributed by atoms with van der Waals surface area (Å²) in [5.41, 5.74) is 1.75. The molecule has 36 heavy (non-hydrogen) atoms. The number of aliphatic hydroxyl groups excluding tert-OH is 2. The van der Waals surface area contributed by atoms with Crippen molar-refractivity contribution in [3.8, 4) is 11.5 Å². The summed E-state index contributed by atoms with van der Waals surface area (Å²) in [6.07, 6.45) is 4.95. The number of hydrogen-bond acceptors (Lipinski definition) is 7. The Kier molecular flexibility index (Phi) is 9.87. The van der Waals surface area contributed by atoms with Crippen molar-refractivity contribution < 1.29 is 19.7 Å². The van der Waals surface area contributed by atoms with E-state index in [1.807, 2.05) is 48.2 Å². The summed E-state index contributed by atoms with van der Waals surface area (Å²) in [5.74, 6) is 3.41. The largest absolute Gasteiger partial charge is 0.497 e. The highest BCUT2D eigenvalue weighted by molar-refractivity contribution is 7.99. The van der Waals surface area contributed by atoms with E-state index in [9.17, 15) is 10.2 Å². The van der Waals surface area contributed by atoms with Gasteiger partial charge in [-0.2, -0.15) is 0 Å². The number of aromatic nitrogens is 1. The number of piperidine rings is 1. The van der Waals surface area contributed by atoms with Gasteiger partial charge in [0.05, 0.1) is 25.8 Å². The molecule has 2 aromatic carbocycles. The average molecular weight is 511 g/mol. The lowest BCUT2D eigenvalue weighted by Crippen LogP contribution is -2.42. The van der Waals surface area contributed by atoms with Gasteiger partial charge in [0.25, 0.3) is 0 Å². The quantitative estimate of drug-likeness (QED) is 0.257. The lowest BCUT2D eigenvalue weighted by molar-refractivity contribution is 0.0581. The van der Waals surface area contributed by atoms with Crippen LogP contribution in [-0.2, 0) is 0 Å². The van der Waals surface area contributed by atoms with Crippen LogP contribution in [0.25, 0.3) is 10.9 Å². The van der Waals surface area contributed by atoms with Gasteiger partial charge >= 0.3 is 0 Å². The Hall–Kier alpha value is -2.32. The fraction of sp³-hybridized carbons (Fsp3) is 0.483. The minimum absolute atomic E-state index is 0.200. The second-order valence-electron chi connectivity index (χ2n) is 9.55. The smallest absolute Gasteiger partial charge is 0.119 e. The van der Waals surface area contributed by atoms with E-state index < -0.39 is 6.10 Å². The first kappa shape index (κ1) is 26.7. The van der Waals surface area contributed by atoms with Gasteiger partial charge in [0.1, 0.15) is 11.5 Å². The van der Waals surface area contributed by atoms with Crippen LogP contribution in [0.15, 0.2) is 59.6 Å². The number of pyridine rings is 1. The van der Waals surface area contributed by atoms with Crippen LogP contribution < -0.4 is 9.47 Å². The first-order chi connectivity index (χ1) is 17.6. The zero-order valence-electron chi connectivity index (χ0n) is 21.3. The number of benzene rings is 2. The lowest BCUT2D eigenvalue weighted by atomic mass is 9.81. The Balaban J connectivity index is 1.25. The maximum Gasteiger partial charge on any atom is 0.119 e. The van der Waals surface area contributed by atoms with Crippen LogP contribution in [0.1, 0.15) is 37.4 Å². The summed E-state index contributed by atoms with van der Waals surface area (Å²) in [7, 11) is 3.35. The number of aliphatic hydroxyl groups is 2. The molecule has 0 aliphatic carbocycles. The Morgan fingerprint density at radius 1 is 1.08 bits per heavy atom. The van der Waals surface area contributed by atoms with Crippen LogP contribution in [0, 0.1) is 11.8 Å². The predicted molar refractivity (Wildman–Crippen MR) is 146 cm³/mol. The van der Waals surface area contributed by atoms with Gasteiger partial charge in [-0.05, 0) is 104 Å². The summed E-state index contributed by atoms with van der Waals surface area (Å²) in [5, 5.41) is 22.1. The minimum atomic E-state index is -0.561. The molecule has 1 fully saturated rings. The minimum Gasteiger partial charge on any atom is -0.497 e. The molecule has 0 saturated carbocycles. The highest BCUT2D eigenvalue weighted by Gasteiger charge is 2.29. The standard InChI is InChI=1S/C29H38N2O4S/c1-34-23-5-3-6-25(17-23)36-16-4-14-31-15-12-21(22(19-31)20-32)7-10-29(33)26-11-13-30-28-9-8-24(35-2)18-27(26)28/h3,5-6,8-9,11,13,17-18,21-22,29,32-33H,4,7,10,12,14-16,19-20H2,1-2H3/t21-,22-,29-/m1/s1. The number of fused-ring (bicyclic) bond motifs is 1. The summed E-state index contributed by atoms with van der Waals surface area (Å²) in [4.78, 5) is 8.15. The van der Waals surface area contributed by atoms with Crippen LogP contribution in [0.2, 0.25) is 0 Å². The molecule has 6 nitrogen and oxygen atoms in total. The van der Waals surface area contributed by atoms with Crippen molar-refractivity contribution in [1.82, 2.24) is 9.88 Å². The second kappa shape index (κ2) is 13.3. The molecule has 2 N–H and O–H groups in total. The summed E-state index contributed by atoms with van der Waals surface area (Å²) in [6, 6.07) is 15.9. The lowest BCUT2D eigenvalue weighted by Gasteiger charge is -2.38. The van der Waals surface area contributed by atoms with Crippen molar-refractivity contribution >= 4 is 22.7 Å². The van der Waals surface area contributed by atoms with Gasteiger partial charge in [-0.15, -0.1) is 11.8 Å². The molecule has 3 aromatic rings. The fourth-order valence-corrected chi connectivity index (χ4v) is 6.09. The van der Waals surface area contributed by atoms with E-state index in [1.165, 1.54) is 4.90 Å². The average Bonchev–Trinajstić information content (AvgIpc) is 2.93. The molecule has 1 aromatic heterocycles. The molecule has 0 unspecified atom stereocenters. The first-order valence-corrected chi connectivity index (χ1v) is 13.8. The van der Waals surface area contributed by atoms with Crippen LogP contribution in [0.4, 0.5) is 0 Å². The molecule has 0 radical (unpaired) electrons. The Labute approximate surface area is 218 Å². The Bertz CT molecular complexity index is 1110. The van der Waals surface area contributed by atoms with E-state index in [0.29, 0.717) is 12.3 Å². The van der Waals surface area contributed by atoms with Gasteiger partial charge in [0.15, 0.2) is 0 Å². The molecule has 1 saturated heterocycles. The van der Waals surface area contributed by atoms with Crippen molar-refractivity contribution in [3.05, 3.63) is 60.3 Å². The molecule has 2 heterocycles. The van der Waals surface area contributed by atoms with Gasteiger partial charge in [-0.1, -0.05) is 6.07 Å². The monoisotopic (exact) mass is 510 g/mol. The molecule has 7 heteroatoms. The maximum absolute atomic E-state index is 11.0. The van der Waals surface area contributed by atoms with Gasteiger partial charge in [-0.25, -0.2) is 0 Å². The number of ether oxygens (including phenoxy) is 2. The van der Waals surface area contributed by atoms with E-state index in [0.717, 1.165) is 72.6 Å². The third-order valence-corrected chi connectivity index (χ3v) is 8.37. The first-order valence-electron chi connectivity index (χ1n) is 12.8. The number of thioether (sulfide) groups is 1. The number of nitrogens with zero attached hydrogens (tertiary/aromatic N) is 2. The Morgan fingerprint density at radius 2 is 1.92 bits per heavy atom. The highest BCUT2D eigenvalue weighted by atomic mass is 32.2. The highest BCUT2D eigenvalue weighted by Crippen LogP contribution is 2.33. The SMILES string of the molecule is COc1cccc(SCCCN2CC[C@@H](CC[C@@H](O)c3ccnc4ccc(OC)cc34)[C@@H](CO)C2)c1. The third kappa shape index (κ3) is 6.91. The van der Waals surface area contributed by atoms with Crippen molar-refractivity contribution in [2.45, 2.75) is 36.7 Å². The van der Waals surface area contributed by atoms with E-state index >= 15 is 0 Å². The molecule has 3 atom stereocenters. The van der Waals surface area contributed by atoms with E-state index in [4.69, 9.17) is 9.47 Å². The summed E-state index contributed by atoms with van der Waals surface area (Å²) in [6.45, 7) is 3.23. The van der Waals surface area contributed by atoms with E-state index in [1.54, 1.807) is 20.4 Å². The molecule has 0 spiro atoms. The van der Waals surface area contributed by atoms with Crippen LogP contribution in [0.5, 0.6) is 11.5 Å². The number of methoxy groups -OCH3 is 2. The summed E-state index contributed by atoms with van der Waals surface area (Å²) >= 11 is 1.86. The van der Waals surface area contributed by atoms with Crippen LogP contribution in [0.3, 0.4) is 0 Å². The van der Waals surface area contributed by atoms with Gasteiger partial charge in [-0.3, -0.25) is 4.98 Å². The molecule has 1 aliphatic heterocycles. The molecule has 1 aliphatic rings. The maximum atomic E-state index is 11.0. The number of hydrogen-bond donors (Lipinski definition) is 2. The van der Waals surface area contributed by atoms with Crippen molar-refractivity contribution in [1.29, 1.82) is 0 Å². The normalized spacial score (nSPS) is 19.3. The van der Waals surface area contributed by atoms with Crippen molar-refractivity contribution in [3.63, 3.8) is 0 Å². The molecular formula is C29H38N2O4S. The van der Waals surface area contributed by atoms with Crippen molar-refractivity contribution in [2.24, 2.45) is 11.8 Å². The zero-order chi connectivity index (χ0) is 25.3. The van der Waals surface area contributed by atoms with Gasteiger partial charge in [0.2, 0.25) is 0 Å². The van der Waals surface area contributed by atoms with Crippen molar-refractivity contribution in [2.75, 3.05) is 46.2 Å².